The number of nitrogens with zero attached hydrogens (tertiary/aromatic N) is 1. The van der Waals surface area contributed by atoms with Gasteiger partial charge in [0.25, 0.3) is 0 Å². The fourth-order valence-electron chi connectivity index (χ4n) is 0.956. The Morgan fingerprint density at radius 1 is 1.50 bits per heavy atom. The van der Waals surface area contributed by atoms with E-state index in [1.54, 1.807) is 0 Å². The summed E-state index contributed by atoms with van der Waals surface area (Å²) in [5.41, 5.74) is 0.346. The Hall–Kier alpha value is -1.91. The number of esters is 1. The Labute approximate surface area is 80.7 Å². The number of hydrogen-bond acceptors (Lipinski definition) is 5. The summed E-state index contributed by atoms with van der Waals surface area (Å²) in [7, 11) is 2.66. The molecule has 0 fully saturated rings. The van der Waals surface area contributed by atoms with Crippen LogP contribution in [0.5, 0.6) is 5.75 Å². The summed E-state index contributed by atoms with van der Waals surface area (Å²) in [6, 6.07) is 1.32. The van der Waals surface area contributed by atoms with Crippen LogP contribution >= 0.6 is 0 Å². The first kappa shape index (κ1) is 10.2. The van der Waals surface area contributed by atoms with Gasteiger partial charge in [0.15, 0.2) is 12.0 Å². The molecule has 0 bridgehead atoms. The van der Waals surface area contributed by atoms with Gasteiger partial charge in [0.05, 0.1) is 20.4 Å². The van der Waals surface area contributed by atoms with Crippen LogP contribution in [0, 0.1) is 0 Å². The van der Waals surface area contributed by atoms with Gasteiger partial charge in [0.2, 0.25) is 0 Å². The van der Waals surface area contributed by atoms with Gasteiger partial charge >= 0.3 is 5.97 Å². The van der Waals surface area contributed by atoms with Gasteiger partial charge in [-0.05, 0) is 6.07 Å². The lowest BCUT2D eigenvalue weighted by Crippen LogP contribution is -2.05. The molecule has 0 aliphatic rings. The molecule has 0 unspecified atom stereocenters. The van der Waals surface area contributed by atoms with E-state index in [1.807, 2.05) is 0 Å². The van der Waals surface area contributed by atoms with Crippen LogP contribution in [-0.4, -0.2) is 31.5 Å². The third-order valence-electron chi connectivity index (χ3n) is 1.63. The third-order valence-corrected chi connectivity index (χ3v) is 1.63. The lowest BCUT2D eigenvalue weighted by atomic mass is 10.2. The SMILES string of the molecule is COC(=O)c1cc(C=O)ncc1OC. The van der Waals surface area contributed by atoms with Gasteiger partial charge < -0.3 is 9.47 Å². The highest BCUT2D eigenvalue weighted by atomic mass is 16.5. The minimum atomic E-state index is -0.563. The average Bonchev–Trinajstić information content (AvgIpc) is 2.27. The zero-order valence-electron chi connectivity index (χ0n) is 7.81. The predicted molar refractivity (Wildman–Crippen MR) is 47.5 cm³/mol. The molecule has 14 heavy (non-hydrogen) atoms. The zero-order valence-corrected chi connectivity index (χ0v) is 7.81. The number of rotatable bonds is 3. The van der Waals surface area contributed by atoms with Crippen LogP contribution in [0.1, 0.15) is 20.8 Å². The molecule has 5 heteroatoms. The van der Waals surface area contributed by atoms with Crippen molar-refractivity contribution in [3.8, 4) is 5.75 Å². The number of pyridine rings is 1. The second-order valence-electron chi connectivity index (χ2n) is 2.42. The van der Waals surface area contributed by atoms with Crippen molar-refractivity contribution < 1.29 is 19.1 Å². The summed E-state index contributed by atoms with van der Waals surface area (Å²) in [4.78, 5) is 25.4. The van der Waals surface area contributed by atoms with Crippen molar-refractivity contribution in [2.75, 3.05) is 14.2 Å². The average molecular weight is 195 g/mol. The van der Waals surface area contributed by atoms with Crippen LogP contribution in [0.2, 0.25) is 0 Å². The van der Waals surface area contributed by atoms with E-state index in [0.717, 1.165) is 0 Å². The summed E-state index contributed by atoms with van der Waals surface area (Å²) in [6.07, 6.45) is 1.85. The van der Waals surface area contributed by atoms with Gasteiger partial charge in [-0.25, -0.2) is 9.78 Å². The number of aromatic nitrogens is 1. The van der Waals surface area contributed by atoms with E-state index in [0.29, 0.717) is 6.29 Å². The Morgan fingerprint density at radius 3 is 2.71 bits per heavy atom. The summed E-state index contributed by atoms with van der Waals surface area (Å²) >= 11 is 0. The number of hydrogen-bond donors (Lipinski definition) is 0. The van der Waals surface area contributed by atoms with Gasteiger partial charge in [-0.3, -0.25) is 4.79 Å². The molecule has 1 rings (SSSR count). The van der Waals surface area contributed by atoms with Crippen LogP contribution in [0.15, 0.2) is 12.3 Å². The van der Waals surface area contributed by atoms with Crippen molar-refractivity contribution >= 4 is 12.3 Å². The van der Waals surface area contributed by atoms with Crippen molar-refractivity contribution in [3.05, 3.63) is 23.5 Å². The largest absolute Gasteiger partial charge is 0.494 e. The van der Waals surface area contributed by atoms with Crippen LogP contribution in [0.3, 0.4) is 0 Å². The van der Waals surface area contributed by atoms with Crippen molar-refractivity contribution in [2.45, 2.75) is 0 Å². The van der Waals surface area contributed by atoms with Crippen LogP contribution in [0.25, 0.3) is 0 Å². The first-order valence-corrected chi connectivity index (χ1v) is 3.80. The molecule has 0 saturated carbocycles. The van der Waals surface area contributed by atoms with E-state index in [-0.39, 0.29) is 17.0 Å². The Kier molecular flexibility index (Phi) is 3.17. The second kappa shape index (κ2) is 4.36. The number of carbonyl (C=O) groups excluding carboxylic acids is 2. The molecule has 0 saturated heterocycles. The van der Waals surface area contributed by atoms with Crippen LogP contribution in [-0.2, 0) is 4.74 Å². The van der Waals surface area contributed by atoms with E-state index >= 15 is 0 Å². The fourth-order valence-corrected chi connectivity index (χ4v) is 0.956. The van der Waals surface area contributed by atoms with Gasteiger partial charge in [-0.15, -0.1) is 0 Å². The van der Waals surface area contributed by atoms with E-state index in [2.05, 4.69) is 9.72 Å². The maximum absolute atomic E-state index is 11.2. The smallest absolute Gasteiger partial charge is 0.341 e. The number of carbonyl (C=O) groups is 2. The third kappa shape index (κ3) is 1.87. The van der Waals surface area contributed by atoms with E-state index in [4.69, 9.17) is 4.74 Å². The molecule has 5 nitrogen and oxygen atoms in total. The fraction of sp³-hybridized carbons (Fsp3) is 0.222. The highest BCUT2D eigenvalue weighted by Gasteiger charge is 2.13. The zero-order chi connectivity index (χ0) is 10.6. The highest BCUT2D eigenvalue weighted by Crippen LogP contribution is 2.17. The van der Waals surface area contributed by atoms with Gasteiger partial charge in [0, 0.05) is 0 Å². The van der Waals surface area contributed by atoms with E-state index in [1.165, 1.54) is 26.5 Å². The maximum atomic E-state index is 11.2. The van der Waals surface area contributed by atoms with Gasteiger partial charge in [-0.2, -0.15) is 0 Å². The van der Waals surface area contributed by atoms with Crippen molar-refractivity contribution in [2.24, 2.45) is 0 Å². The molecule has 0 spiro atoms. The maximum Gasteiger partial charge on any atom is 0.341 e. The van der Waals surface area contributed by atoms with E-state index in [9.17, 15) is 9.59 Å². The predicted octanol–water partition coefficient (Wildman–Crippen LogP) is 0.689. The summed E-state index contributed by atoms with van der Waals surface area (Å²) in [6.45, 7) is 0. The molecule has 0 amide bonds. The first-order valence-electron chi connectivity index (χ1n) is 3.80. The molecule has 74 valence electrons. The van der Waals surface area contributed by atoms with Crippen LogP contribution < -0.4 is 4.74 Å². The molecule has 0 aliphatic heterocycles. The van der Waals surface area contributed by atoms with Crippen molar-refractivity contribution in [3.63, 3.8) is 0 Å². The molecular weight excluding hydrogens is 186 g/mol. The summed E-state index contributed by atoms with van der Waals surface area (Å²) in [5, 5.41) is 0. The van der Waals surface area contributed by atoms with Gasteiger partial charge in [0.1, 0.15) is 11.3 Å². The van der Waals surface area contributed by atoms with Crippen molar-refractivity contribution in [1.29, 1.82) is 0 Å². The van der Waals surface area contributed by atoms with E-state index < -0.39 is 5.97 Å². The molecule has 0 aromatic carbocycles. The summed E-state index contributed by atoms with van der Waals surface area (Å²) < 4.78 is 9.40. The normalized spacial score (nSPS) is 9.29. The topological polar surface area (TPSA) is 65.5 Å². The molecule has 1 heterocycles. The Morgan fingerprint density at radius 2 is 2.21 bits per heavy atom. The monoisotopic (exact) mass is 195 g/mol. The lowest BCUT2D eigenvalue weighted by molar-refractivity contribution is 0.0597. The Bertz CT molecular complexity index is 362. The lowest BCUT2D eigenvalue weighted by Gasteiger charge is -2.05. The minimum Gasteiger partial charge on any atom is -0.494 e. The number of aldehydes is 1. The molecular formula is C9H9NO4. The quantitative estimate of drug-likeness (QED) is 0.524. The van der Waals surface area contributed by atoms with Crippen LogP contribution in [0.4, 0.5) is 0 Å². The minimum absolute atomic E-state index is 0.159. The molecule has 0 atom stereocenters. The number of methoxy groups -OCH3 is 2. The molecule has 1 aromatic rings. The standard InChI is InChI=1S/C9H9NO4/c1-13-8-4-10-6(5-11)3-7(8)9(12)14-2/h3-5H,1-2H3. The molecule has 1 aromatic heterocycles. The second-order valence-corrected chi connectivity index (χ2v) is 2.42. The summed E-state index contributed by atoms with van der Waals surface area (Å²) in [5.74, 6) is -0.283. The van der Waals surface area contributed by atoms with Crippen molar-refractivity contribution in [1.82, 2.24) is 4.98 Å². The number of ether oxygens (including phenoxy) is 2. The first-order chi connectivity index (χ1) is 6.72. The Balaban J connectivity index is 3.21. The van der Waals surface area contributed by atoms with Gasteiger partial charge in [-0.1, -0.05) is 0 Å². The highest BCUT2D eigenvalue weighted by molar-refractivity contribution is 5.93. The molecule has 0 aliphatic carbocycles. The molecule has 0 radical (unpaired) electrons. The molecule has 0 N–H and O–H groups in total.